The quantitative estimate of drug-likeness (QED) is 0.293. The SMILES string of the molecule is COc1cccc(CCN(C(=O)Cc2ccc(OCc3ccccc3)cc2)c2ccccc2)c1. The molecule has 172 valence electrons. The van der Waals surface area contributed by atoms with Crippen molar-refractivity contribution in [2.24, 2.45) is 0 Å². The molecule has 0 saturated heterocycles. The van der Waals surface area contributed by atoms with Gasteiger partial charge in [0.15, 0.2) is 0 Å². The van der Waals surface area contributed by atoms with Gasteiger partial charge < -0.3 is 14.4 Å². The number of hydrogen-bond donors (Lipinski definition) is 0. The highest BCUT2D eigenvalue weighted by atomic mass is 16.5. The third-order valence-corrected chi connectivity index (χ3v) is 5.65. The highest BCUT2D eigenvalue weighted by Gasteiger charge is 2.16. The monoisotopic (exact) mass is 451 g/mol. The molecule has 4 rings (SSSR count). The number of carbonyl (C=O) groups is 1. The van der Waals surface area contributed by atoms with Crippen LogP contribution >= 0.6 is 0 Å². The Morgan fingerprint density at radius 1 is 0.706 bits per heavy atom. The summed E-state index contributed by atoms with van der Waals surface area (Å²) in [5.41, 5.74) is 4.11. The minimum atomic E-state index is 0.0621. The molecule has 0 aromatic heterocycles. The van der Waals surface area contributed by atoms with Crippen LogP contribution in [0.3, 0.4) is 0 Å². The van der Waals surface area contributed by atoms with Crippen molar-refractivity contribution < 1.29 is 14.3 Å². The molecule has 0 bridgehead atoms. The lowest BCUT2D eigenvalue weighted by atomic mass is 10.1. The van der Waals surface area contributed by atoms with Gasteiger partial charge >= 0.3 is 0 Å². The molecule has 0 radical (unpaired) electrons. The van der Waals surface area contributed by atoms with Crippen molar-refractivity contribution >= 4 is 11.6 Å². The standard InChI is InChI=1S/C30H29NO3/c1-33-29-14-8-11-24(21-29)19-20-31(27-12-6-3-7-13-27)30(32)22-25-15-17-28(18-16-25)34-23-26-9-4-2-5-10-26/h2-18,21H,19-20,22-23H2,1H3. The van der Waals surface area contributed by atoms with Gasteiger partial charge in [-0.1, -0.05) is 72.8 Å². The van der Waals surface area contributed by atoms with Gasteiger partial charge in [0.25, 0.3) is 0 Å². The second-order valence-corrected chi connectivity index (χ2v) is 8.08. The predicted molar refractivity (Wildman–Crippen MR) is 136 cm³/mol. The molecule has 0 spiro atoms. The second-order valence-electron chi connectivity index (χ2n) is 8.08. The van der Waals surface area contributed by atoms with Crippen LogP contribution in [0.2, 0.25) is 0 Å². The summed E-state index contributed by atoms with van der Waals surface area (Å²) in [5.74, 6) is 1.68. The van der Waals surface area contributed by atoms with E-state index in [1.54, 1.807) is 7.11 Å². The highest BCUT2D eigenvalue weighted by Crippen LogP contribution is 2.20. The summed E-state index contributed by atoms with van der Waals surface area (Å²) < 4.78 is 11.2. The summed E-state index contributed by atoms with van der Waals surface area (Å²) in [7, 11) is 1.66. The molecule has 0 atom stereocenters. The molecule has 0 aliphatic heterocycles. The molecule has 1 amide bonds. The first kappa shape index (κ1) is 23.1. The number of para-hydroxylation sites is 1. The molecule has 0 fully saturated rings. The summed E-state index contributed by atoms with van der Waals surface area (Å²) in [4.78, 5) is 15.2. The van der Waals surface area contributed by atoms with E-state index >= 15 is 0 Å². The molecular formula is C30H29NO3. The van der Waals surface area contributed by atoms with Gasteiger partial charge in [-0.25, -0.2) is 0 Å². The van der Waals surface area contributed by atoms with E-state index in [1.165, 1.54) is 0 Å². The summed E-state index contributed by atoms with van der Waals surface area (Å²) in [5, 5.41) is 0. The molecule has 0 unspecified atom stereocenters. The summed E-state index contributed by atoms with van der Waals surface area (Å²) in [6.45, 7) is 1.11. The number of methoxy groups -OCH3 is 1. The summed E-state index contributed by atoms with van der Waals surface area (Å²) in [6, 6.07) is 35.7. The molecule has 0 aliphatic carbocycles. The lowest BCUT2D eigenvalue weighted by Gasteiger charge is -2.23. The van der Waals surface area contributed by atoms with Crippen LogP contribution < -0.4 is 14.4 Å². The van der Waals surface area contributed by atoms with Crippen LogP contribution in [-0.2, 0) is 24.2 Å². The maximum atomic E-state index is 13.3. The van der Waals surface area contributed by atoms with Crippen molar-refractivity contribution in [2.45, 2.75) is 19.4 Å². The number of ether oxygens (including phenoxy) is 2. The van der Waals surface area contributed by atoms with Crippen LogP contribution in [0.15, 0.2) is 109 Å². The molecule has 0 N–H and O–H groups in total. The topological polar surface area (TPSA) is 38.8 Å². The maximum absolute atomic E-state index is 13.3. The Morgan fingerprint density at radius 2 is 1.38 bits per heavy atom. The van der Waals surface area contributed by atoms with Crippen molar-refractivity contribution in [3.05, 3.63) is 126 Å². The first-order valence-corrected chi connectivity index (χ1v) is 11.5. The Kier molecular flexibility index (Phi) is 7.96. The Labute approximate surface area is 201 Å². The van der Waals surface area contributed by atoms with E-state index in [9.17, 15) is 4.79 Å². The number of nitrogens with zero attached hydrogens (tertiary/aromatic N) is 1. The molecule has 0 heterocycles. The van der Waals surface area contributed by atoms with Crippen molar-refractivity contribution in [3.8, 4) is 11.5 Å². The van der Waals surface area contributed by atoms with Crippen molar-refractivity contribution in [1.82, 2.24) is 0 Å². The van der Waals surface area contributed by atoms with E-state index in [-0.39, 0.29) is 5.91 Å². The first-order chi connectivity index (χ1) is 16.7. The van der Waals surface area contributed by atoms with Gasteiger partial charge in [0.05, 0.1) is 13.5 Å². The molecule has 0 saturated carbocycles. The minimum Gasteiger partial charge on any atom is -0.497 e. The fourth-order valence-corrected chi connectivity index (χ4v) is 3.79. The van der Waals surface area contributed by atoms with Crippen LogP contribution in [0.25, 0.3) is 0 Å². The lowest BCUT2D eigenvalue weighted by molar-refractivity contribution is -0.118. The normalized spacial score (nSPS) is 10.5. The largest absolute Gasteiger partial charge is 0.497 e. The lowest BCUT2D eigenvalue weighted by Crippen LogP contribution is -2.34. The number of carbonyl (C=O) groups excluding carboxylic acids is 1. The number of benzene rings is 4. The average molecular weight is 452 g/mol. The Bertz CT molecular complexity index is 1170. The van der Waals surface area contributed by atoms with Gasteiger partial charge in [-0.15, -0.1) is 0 Å². The Morgan fingerprint density at radius 3 is 2.09 bits per heavy atom. The van der Waals surface area contributed by atoms with Crippen LogP contribution in [0, 0.1) is 0 Å². The van der Waals surface area contributed by atoms with Crippen LogP contribution in [0.4, 0.5) is 5.69 Å². The second kappa shape index (κ2) is 11.7. The Hall–Kier alpha value is -4.05. The van der Waals surface area contributed by atoms with Gasteiger partial charge in [0.1, 0.15) is 18.1 Å². The third kappa shape index (κ3) is 6.48. The molecule has 4 heteroatoms. The fraction of sp³-hybridized carbons (Fsp3) is 0.167. The van der Waals surface area contributed by atoms with Crippen molar-refractivity contribution in [1.29, 1.82) is 0 Å². The van der Waals surface area contributed by atoms with E-state index in [0.717, 1.165) is 40.3 Å². The first-order valence-electron chi connectivity index (χ1n) is 11.5. The minimum absolute atomic E-state index is 0.0621. The molecule has 4 aromatic rings. The molecular weight excluding hydrogens is 422 g/mol. The zero-order valence-corrected chi connectivity index (χ0v) is 19.4. The number of anilines is 1. The van der Waals surface area contributed by atoms with Crippen molar-refractivity contribution in [2.75, 3.05) is 18.6 Å². The van der Waals surface area contributed by atoms with Crippen LogP contribution in [-0.4, -0.2) is 19.6 Å². The molecule has 4 nitrogen and oxygen atoms in total. The summed E-state index contributed by atoms with van der Waals surface area (Å²) in [6.07, 6.45) is 1.07. The van der Waals surface area contributed by atoms with E-state index < -0.39 is 0 Å². The number of hydrogen-bond acceptors (Lipinski definition) is 3. The van der Waals surface area contributed by atoms with E-state index in [4.69, 9.17) is 9.47 Å². The molecule has 0 aliphatic rings. The van der Waals surface area contributed by atoms with Gasteiger partial charge in [0, 0.05) is 12.2 Å². The van der Waals surface area contributed by atoms with Crippen LogP contribution in [0.5, 0.6) is 11.5 Å². The Balaban J connectivity index is 1.40. The van der Waals surface area contributed by atoms with Gasteiger partial charge in [-0.3, -0.25) is 4.79 Å². The summed E-state index contributed by atoms with van der Waals surface area (Å²) >= 11 is 0. The fourth-order valence-electron chi connectivity index (χ4n) is 3.79. The number of amides is 1. The maximum Gasteiger partial charge on any atom is 0.231 e. The van der Waals surface area contributed by atoms with E-state index in [0.29, 0.717) is 19.6 Å². The van der Waals surface area contributed by atoms with Crippen LogP contribution in [0.1, 0.15) is 16.7 Å². The van der Waals surface area contributed by atoms with Crippen molar-refractivity contribution in [3.63, 3.8) is 0 Å². The van der Waals surface area contributed by atoms with E-state index in [2.05, 4.69) is 6.07 Å². The predicted octanol–water partition coefficient (Wildman–Crippen LogP) is 6.09. The van der Waals surface area contributed by atoms with Gasteiger partial charge in [0.2, 0.25) is 5.91 Å². The van der Waals surface area contributed by atoms with Gasteiger partial charge in [-0.2, -0.15) is 0 Å². The zero-order chi connectivity index (χ0) is 23.6. The van der Waals surface area contributed by atoms with E-state index in [1.807, 2.05) is 108 Å². The third-order valence-electron chi connectivity index (χ3n) is 5.65. The number of rotatable bonds is 10. The highest BCUT2D eigenvalue weighted by molar-refractivity contribution is 5.94. The van der Waals surface area contributed by atoms with Gasteiger partial charge in [-0.05, 0) is 59.5 Å². The molecule has 4 aromatic carbocycles. The zero-order valence-electron chi connectivity index (χ0n) is 19.4. The molecule has 34 heavy (non-hydrogen) atoms. The smallest absolute Gasteiger partial charge is 0.231 e. The average Bonchev–Trinajstić information content (AvgIpc) is 2.90.